The third-order valence-corrected chi connectivity index (χ3v) is 2.99. The molecule has 0 aliphatic heterocycles. The van der Waals surface area contributed by atoms with Gasteiger partial charge in [0.05, 0.1) is 12.8 Å². The minimum atomic E-state index is -0.380. The number of hydrogen-bond donors (Lipinski definition) is 2. The SMILES string of the molecule is COc1cc(NC(=O)c2ccc(Br)o2)ccc1NC(C)=O. The predicted octanol–water partition coefficient (Wildman–Crippen LogP) is 3.26. The Morgan fingerprint density at radius 1 is 1.19 bits per heavy atom. The maximum absolute atomic E-state index is 12.0. The van der Waals surface area contributed by atoms with E-state index < -0.39 is 0 Å². The number of rotatable bonds is 4. The van der Waals surface area contributed by atoms with Crippen LogP contribution in [0.4, 0.5) is 11.4 Å². The van der Waals surface area contributed by atoms with Crippen molar-refractivity contribution in [2.24, 2.45) is 0 Å². The molecular formula is C14H13BrN2O4. The second-order valence-corrected chi connectivity index (χ2v) is 4.94. The normalized spacial score (nSPS) is 10.0. The van der Waals surface area contributed by atoms with Gasteiger partial charge in [-0.1, -0.05) is 0 Å². The number of carbonyl (C=O) groups is 2. The van der Waals surface area contributed by atoms with Gasteiger partial charge in [0.25, 0.3) is 5.91 Å². The Bertz CT molecular complexity index is 681. The van der Waals surface area contributed by atoms with Crippen LogP contribution in [0.3, 0.4) is 0 Å². The molecule has 0 aliphatic carbocycles. The zero-order chi connectivity index (χ0) is 15.4. The van der Waals surface area contributed by atoms with E-state index in [2.05, 4.69) is 26.6 Å². The van der Waals surface area contributed by atoms with Crippen LogP contribution in [-0.4, -0.2) is 18.9 Å². The first-order chi connectivity index (χ1) is 9.99. The van der Waals surface area contributed by atoms with Crippen molar-refractivity contribution < 1.29 is 18.7 Å². The van der Waals surface area contributed by atoms with E-state index >= 15 is 0 Å². The van der Waals surface area contributed by atoms with E-state index in [1.807, 2.05) is 0 Å². The van der Waals surface area contributed by atoms with E-state index in [-0.39, 0.29) is 17.6 Å². The molecule has 7 heteroatoms. The summed E-state index contributed by atoms with van der Waals surface area (Å²) in [6.45, 7) is 1.41. The van der Waals surface area contributed by atoms with Gasteiger partial charge in [-0.15, -0.1) is 0 Å². The molecule has 0 saturated heterocycles. The van der Waals surface area contributed by atoms with Gasteiger partial charge >= 0.3 is 0 Å². The lowest BCUT2D eigenvalue weighted by atomic mass is 10.2. The van der Waals surface area contributed by atoms with E-state index in [0.717, 1.165) is 0 Å². The number of benzene rings is 1. The molecule has 2 amide bonds. The summed E-state index contributed by atoms with van der Waals surface area (Å²) < 4.78 is 10.8. The molecular weight excluding hydrogens is 340 g/mol. The number of ether oxygens (including phenoxy) is 1. The number of amides is 2. The van der Waals surface area contributed by atoms with Crippen molar-refractivity contribution in [2.45, 2.75) is 6.92 Å². The highest BCUT2D eigenvalue weighted by molar-refractivity contribution is 9.10. The van der Waals surface area contributed by atoms with Gasteiger partial charge in [0, 0.05) is 18.7 Å². The average molecular weight is 353 g/mol. The van der Waals surface area contributed by atoms with Crippen molar-refractivity contribution in [3.63, 3.8) is 0 Å². The van der Waals surface area contributed by atoms with Gasteiger partial charge in [-0.2, -0.15) is 0 Å². The molecule has 6 nitrogen and oxygen atoms in total. The van der Waals surface area contributed by atoms with Crippen LogP contribution in [0.5, 0.6) is 5.75 Å². The fraction of sp³-hybridized carbons (Fsp3) is 0.143. The maximum atomic E-state index is 12.0. The molecule has 1 aromatic heterocycles. The molecule has 21 heavy (non-hydrogen) atoms. The molecule has 1 heterocycles. The largest absolute Gasteiger partial charge is 0.494 e. The maximum Gasteiger partial charge on any atom is 0.291 e. The monoisotopic (exact) mass is 352 g/mol. The number of nitrogens with one attached hydrogen (secondary N) is 2. The first-order valence-electron chi connectivity index (χ1n) is 6.02. The molecule has 0 atom stereocenters. The van der Waals surface area contributed by atoms with Gasteiger partial charge in [-0.05, 0) is 40.2 Å². The van der Waals surface area contributed by atoms with Gasteiger partial charge in [-0.25, -0.2) is 0 Å². The Hall–Kier alpha value is -2.28. The third-order valence-electron chi connectivity index (χ3n) is 2.57. The van der Waals surface area contributed by atoms with Gasteiger partial charge in [-0.3, -0.25) is 9.59 Å². The Morgan fingerprint density at radius 3 is 2.52 bits per heavy atom. The summed E-state index contributed by atoms with van der Waals surface area (Å²) in [4.78, 5) is 23.0. The fourth-order valence-electron chi connectivity index (χ4n) is 1.69. The Labute approximate surface area is 129 Å². The highest BCUT2D eigenvalue weighted by Gasteiger charge is 2.12. The van der Waals surface area contributed by atoms with Gasteiger partial charge in [0.1, 0.15) is 5.75 Å². The minimum Gasteiger partial charge on any atom is -0.494 e. The van der Waals surface area contributed by atoms with Crippen molar-refractivity contribution in [1.29, 1.82) is 0 Å². The highest BCUT2D eigenvalue weighted by atomic mass is 79.9. The number of anilines is 2. The van der Waals surface area contributed by atoms with E-state index in [0.29, 0.717) is 21.8 Å². The van der Waals surface area contributed by atoms with Crippen LogP contribution < -0.4 is 15.4 Å². The van der Waals surface area contributed by atoms with Crippen LogP contribution in [0.25, 0.3) is 0 Å². The van der Waals surface area contributed by atoms with Crippen LogP contribution >= 0.6 is 15.9 Å². The number of methoxy groups -OCH3 is 1. The molecule has 0 unspecified atom stereocenters. The van der Waals surface area contributed by atoms with Crippen LogP contribution in [0.1, 0.15) is 17.5 Å². The number of furan rings is 1. The van der Waals surface area contributed by atoms with E-state index in [1.54, 1.807) is 30.3 Å². The summed E-state index contributed by atoms with van der Waals surface area (Å²) in [5, 5.41) is 5.32. The van der Waals surface area contributed by atoms with Crippen LogP contribution in [0.2, 0.25) is 0 Å². The van der Waals surface area contributed by atoms with E-state index in [9.17, 15) is 9.59 Å². The molecule has 110 valence electrons. The lowest BCUT2D eigenvalue weighted by molar-refractivity contribution is -0.114. The van der Waals surface area contributed by atoms with Gasteiger partial charge in [0.15, 0.2) is 10.4 Å². The van der Waals surface area contributed by atoms with Crippen molar-refractivity contribution >= 4 is 39.1 Å². The van der Waals surface area contributed by atoms with Crippen LogP contribution in [0.15, 0.2) is 39.4 Å². The first-order valence-corrected chi connectivity index (χ1v) is 6.81. The number of hydrogen-bond acceptors (Lipinski definition) is 4. The van der Waals surface area contributed by atoms with Crippen molar-refractivity contribution in [2.75, 3.05) is 17.7 Å². The zero-order valence-electron chi connectivity index (χ0n) is 11.4. The predicted molar refractivity (Wildman–Crippen MR) is 81.7 cm³/mol. The summed E-state index contributed by atoms with van der Waals surface area (Å²) in [6.07, 6.45) is 0. The van der Waals surface area contributed by atoms with E-state index in [4.69, 9.17) is 9.15 Å². The fourth-order valence-corrected chi connectivity index (χ4v) is 2.00. The topological polar surface area (TPSA) is 80.6 Å². The summed E-state index contributed by atoms with van der Waals surface area (Å²) in [5.41, 5.74) is 1.06. The molecule has 0 radical (unpaired) electrons. The lowest BCUT2D eigenvalue weighted by Crippen LogP contribution is -2.12. The van der Waals surface area contributed by atoms with Crippen LogP contribution in [0, 0.1) is 0 Å². The molecule has 2 N–H and O–H groups in total. The molecule has 2 rings (SSSR count). The molecule has 0 bridgehead atoms. The summed E-state index contributed by atoms with van der Waals surface area (Å²) in [6, 6.07) is 8.11. The lowest BCUT2D eigenvalue weighted by Gasteiger charge is -2.11. The number of carbonyl (C=O) groups excluding carboxylic acids is 2. The second kappa shape index (κ2) is 6.45. The first kappa shape index (κ1) is 15.1. The molecule has 0 aliphatic rings. The Kier molecular flexibility index (Phi) is 4.64. The smallest absolute Gasteiger partial charge is 0.291 e. The quantitative estimate of drug-likeness (QED) is 0.884. The molecule has 0 fully saturated rings. The third kappa shape index (κ3) is 3.85. The summed E-state index contributed by atoms with van der Waals surface area (Å²) in [5.74, 6) is 0.0518. The summed E-state index contributed by atoms with van der Waals surface area (Å²) in [7, 11) is 1.48. The Morgan fingerprint density at radius 2 is 1.95 bits per heavy atom. The molecule has 2 aromatic rings. The molecule has 0 spiro atoms. The Balaban J connectivity index is 2.17. The molecule has 0 saturated carbocycles. The average Bonchev–Trinajstić information content (AvgIpc) is 2.86. The van der Waals surface area contributed by atoms with Gasteiger partial charge in [0.2, 0.25) is 5.91 Å². The van der Waals surface area contributed by atoms with Crippen molar-refractivity contribution in [3.8, 4) is 5.75 Å². The van der Waals surface area contributed by atoms with E-state index in [1.165, 1.54) is 14.0 Å². The van der Waals surface area contributed by atoms with Crippen LogP contribution in [-0.2, 0) is 4.79 Å². The van der Waals surface area contributed by atoms with Crippen molar-refractivity contribution in [3.05, 3.63) is 40.8 Å². The molecule has 1 aromatic carbocycles. The number of halogens is 1. The minimum absolute atomic E-state index is 0.187. The second-order valence-electron chi connectivity index (χ2n) is 4.15. The summed E-state index contributed by atoms with van der Waals surface area (Å²) >= 11 is 3.13. The highest BCUT2D eigenvalue weighted by Crippen LogP contribution is 2.28. The standard InChI is InChI=1S/C14H13BrN2O4/c1-8(18)16-10-4-3-9(7-12(10)20-2)17-14(19)11-5-6-13(15)21-11/h3-7H,1-2H3,(H,16,18)(H,17,19). The van der Waals surface area contributed by atoms with Gasteiger partial charge < -0.3 is 19.8 Å². The zero-order valence-corrected chi connectivity index (χ0v) is 13.0. The van der Waals surface area contributed by atoms with Crippen molar-refractivity contribution in [1.82, 2.24) is 0 Å².